The minimum Gasteiger partial charge on any atom is -0.475 e. The molecule has 0 bridgehead atoms. The summed E-state index contributed by atoms with van der Waals surface area (Å²) in [5.74, 6) is 0.728. The second kappa shape index (κ2) is 9.22. The van der Waals surface area contributed by atoms with Gasteiger partial charge in [0, 0.05) is 23.5 Å². The molecule has 3 aromatic rings. The van der Waals surface area contributed by atoms with Crippen molar-refractivity contribution in [2.24, 2.45) is 0 Å². The van der Waals surface area contributed by atoms with Crippen LogP contribution in [0, 0.1) is 6.92 Å². The van der Waals surface area contributed by atoms with Crippen LogP contribution in [0.1, 0.15) is 5.56 Å². The number of nitrogens with one attached hydrogen (secondary N) is 1. The van der Waals surface area contributed by atoms with Gasteiger partial charge < -0.3 is 25.4 Å². The fraction of sp³-hybridized carbons (Fsp3) is 0.333. The number of aryl methyl sites for hydroxylation is 1. The van der Waals surface area contributed by atoms with Gasteiger partial charge in [0.1, 0.15) is 12.3 Å². The Morgan fingerprint density at radius 3 is 2.89 bits per heavy atom. The Morgan fingerprint density at radius 2 is 2.11 bits per heavy atom. The lowest BCUT2D eigenvalue weighted by Crippen LogP contribution is -2.20. The molecule has 10 nitrogen and oxygen atoms in total. The molecule has 3 rings (SSSR count). The highest BCUT2D eigenvalue weighted by atomic mass is 16.5. The van der Waals surface area contributed by atoms with Crippen LogP contribution in [-0.4, -0.2) is 66.2 Å². The molecule has 0 amide bonds. The molecule has 28 heavy (non-hydrogen) atoms. The summed E-state index contributed by atoms with van der Waals surface area (Å²) in [6.07, 6.45) is 2.38. The molecule has 0 aliphatic heterocycles. The minimum absolute atomic E-state index is 0.0932. The molecule has 0 fully saturated rings. The number of benzene rings is 1. The minimum atomic E-state index is -0.887. The van der Waals surface area contributed by atoms with Crippen molar-refractivity contribution in [1.29, 1.82) is 0 Å². The number of aliphatic hydroxyl groups is 3. The number of aliphatic hydroxyl groups excluding tert-OH is 3. The van der Waals surface area contributed by atoms with Crippen LogP contribution in [0.3, 0.4) is 0 Å². The maximum absolute atomic E-state index is 9.53. The Kier molecular flexibility index (Phi) is 6.48. The number of anilines is 2. The Balaban J connectivity index is 1.78. The van der Waals surface area contributed by atoms with Crippen molar-refractivity contribution in [3.63, 3.8) is 0 Å². The van der Waals surface area contributed by atoms with E-state index in [-0.39, 0.29) is 26.4 Å². The van der Waals surface area contributed by atoms with Gasteiger partial charge in [-0.05, 0) is 30.7 Å². The summed E-state index contributed by atoms with van der Waals surface area (Å²) in [5, 5.41) is 38.6. The van der Waals surface area contributed by atoms with E-state index in [1.807, 2.05) is 25.1 Å². The lowest BCUT2D eigenvalue weighted by Gasteiger charge is -2.09. The number of hydrogen-bond donors (Lipinski definition) is 4. The van der Waals surface area contributed by atoms with E-state index in [4.69, 9.17) is 14.9 Å². The first-order valence-corrected chi connectivity index (χ1v) is 8.72. The summed E-state index contributed by atoms with van der Waals surface area (Å²) in [5.41, 5.74) is 3.23. The fourth-order valence-corrected chi connectivity index (χ4v) is 2.56. The van der Waals surface area contributed by atoms with Crippen molar-refractivity contribution in [1.82, 2.24) is 25.0 Å². The Hall–Kier alpha value is -3.08. The summed E-state index contributed by atoms with van der Waals surface area (Å²) in [4.78, 5) is 8.42. The second-order valence-electron chi connectivity index (χ2n) is 6.17. The van der Waals surface area contributed by atoms with Crippen LogP contribution >= 0.6 is 0 Å². The lowest BCUT2D eigenvalue weighted by atomic mass is 10.1. The molecule has 1 aromatic carbocycles. The van der Waals surface area contributed by atoms with Crippen LogP contribution in [0.15, 0.2) is 36.7 Å². The van der Waals surface area contributed by atoms with Gasteiger partial charge in [-0.15, -0.1) is 5.10 Å². The topological polar surface area (TPSA) is 138 Å². The molecule has 148 valence electrons. The van der Waals surface area contributed by atoms with E-state index in [2.05, 4.69) is 25.6 Å². The molecule has 0 radical (unpaired) electrons. The van der Waals surface area contributed by atoms with Crippen LogP contribution < -0.4 is 10.1 Å². The fourth-order valence-electron chi connectivity index (χ4n) is 2.56. The predicted molar refractivity (Wildman–Crippen MR) is 101 cm³/mol. The molecule has 10 heteroatoms. The normalized spacial score (nSPS) is 12.0. The van der Waals surface area contributed by atoms with Crippen molar-refractivity contribution in [3.05, 3.63) is 42.2 Å². The molecule has 1 atom stereocenters. The highest BCUT2D eigenvalue weighted by Gasteiger charge is 2.10. The van der Waals surface area contributed by atoms with Gasteiger partial charge in [0.25, 0.3) is 0 Å². The van der Waals surface area contributed by atoms with E-state index >= 15 is 0 Å². The molecule has 0 saturated heterocycles. The van der Waals surface area contributed by atoms with Crippen LogP contribution in [0.25, 0.3) is 11.3 Å². The average Bonchev–Trinajstić information content (AvgIpc) is 3.14. The number of nitrogens with zero attached hydrogens (tertiary/aromatic N) is 5. The lowest BCUT2D eigenvalue weighted by molar-refractivity contribution is 0.0778. The molecular formula is C18H22N6O4. The molecular weight excluding hydrogens is 364 g/mol. The highest BCUT2D eigenvalue weighted by Crippen LogP contribution is 2.25. The third-order valence-electron chi connectivity index (χ3n) is 3.75. The third-order valence-corrected chi connectivity index (χ3v) is 3.75. The smallest absolute Gasteiger partial charge is 0.230 e. The SMILES string of the molecule is Cc1cc(Nc2nccc(OCCO)n2)cc(-c2cn(C[C@H](O)CO)nn2)c1. The monoisotopic (exact) mass is 386 g/mol. The summed E-state index contributed by atoms with van der Waals surface area (Å²) >= 11 is 0. The van der Waals surface area contributed by atoms with Crippen molar-refractivity contribution < 1.29 is 20.1 Å². The van der Waals surface area contributed by atoms with E-state index in [1.165, 1.54) is 4.68 Å². The third kappa shape index (κ3) is 5.22. The van der Waals surface area contributed by atoms with Gasteiger partial charge in [-0.25, -0.2) is 9.67 Å². The molecule has 2 heterocycles. The van der Waals surface area contributed by atoms with Crippen LogP contribution in [0.2, 0.25) is 0 Å². The van der Waals surface area contributed by atoms with Gasteiger partial charge in [0.15, 0.2) is 0 Å². The first-order chi connectivity index (χ1) is 13.6. The summed E-state index contributed by atoms with van der Waals surface area (Å²) in [7, 11) is 0. The average molecular weight is 386 g/mol. The zero-order chi connectivity index (χ0) is 19.9. The molecule has 0 aliphatic rings. The molecule has 0 spiro atoms. The van der Waals surface area contributed by atoms with Crippen molar-refractivity contribution >= 4 is 11.6 Å². The van der Waals surface area contributed by atoms with E-state index in [0.717, 1.165) is 16.8 Å². The predicted octanol–water partition coefficient (Wildman–Crippen LogP) is 0.511. The van der Waals surface area contributed by atoms with Gasteiger partial charge in [-0.1, -0.05) is 5.21 Å². The first-order valence-electron chi connectivity index (χ1n) is 8.72. The number of aromatic nitrogens is 5. The summed E-state index contributed by atoms with van der Waals surface area (Å²) in [6, 6.07) is 7.40. The highest BCUT2D eigenvalue weighted by molar-refractivity contribution is 5.68. The van der Waals surface area contributed by atoms with Crippen molar-refractivity contribution in [3.8, 4) is 17.1 Å². The maximum Gasteiger partial charge on any atom is 0.230 e. The Labute approximate surface area is 161 Å². The molecule has 0 saturated carbocycles. The van der Waals surface area contributed by atoms with Gasteiger partial charge in [-0.3, -0.25) is 0 Å². The Morgan fingerprint density at radius 1 is 1.25 bits per heavy atom. The standard InChI is InChI=1S/C18H22N6O4/c1-12-6-13(16-10-24(23-22-16)9-15(27)11-26)8-14(7-12)20-18-19-3-2-17(21-18)28-5-4-25/h2-3,6-8,10,15,25-27H,4-5,9,11H2,1H3,(H,19,20,21)/t15-/m0/s1. The Bertz CT molecular complexity index is 917. The molecule has 2 aromatic heterocycles. The van der Waals surface area contributed by atoms with E-state index in [0.29, 0.717) is 17.5 Å². The van der Waals surface area contributed by atoms with Gasteiger partial charge in [0.05, 0.1) is 32.1 Å². The van der Waals surface area contributed by atoms with Gasteiger partial charge in [-0.2, -0.15) is 4.98 Å². The van der Waals surface area contributed by atoms with Crippen molar-refractivity contribution in [2.75, 3.05) is 25.1 Å². The zero-order valence-corrected chi connectivity index (χ0v) is 15.4. The van der Waals surface area contributed by atoms with E-state index in [1.54, 1.807) is 18.5 Å². The number of rotatable bonds is 9. The summed E-state index contributed by atoms with van der Waals surface area (Å²) < 4.78 is 6.78. The first kappa shape index (κ1) is 19.7. The van der Waals surface area contributed by atoms with Gasteiger partial charge in [0.2, 0.25) is 11.8 Å². The molecule has 0 aliphatic carbocycles. The molecule has 4 N–H and O–H groups in total. The van der Waals surface area contributed by atoms with Crippen LogP contribution in [0.4, 0.5) is 11.6 Å². The summed E-state index contributed by atoms with van der Waals surface area (Å²) in [6.45, 7) is 1.84. The molecule has 0 unspecified atom stereocenters. The van der Waals surface area contributed by atoms with Crippen molar-refractivity contribution in [2.45, 2.75) is 19.6 Å². The van der Waals surface area contributed by atoms with Gasteiger partial charge >= 0.3 is 0 Å². The number of ether oxygens (including phenoxy) is 1. The van der Waals surface area contributed by atoms with Crippen LogP contribution in [-0.2, 0) is 6.54 Å². The number of hydrogen-bond acceptors (Lipinski definition) is 9. The second-order valence-corrected chi connectivity index (χ2v) is 6.17. The van der Waals surface area contributed by atoms with E-state index < -0.39 is 6.10 Å². The zero-order valence-electron chi connectivity index (χ0n) is 15.4. The quantitative estimate of drug-likeness (QED) is 0.414. The largest absolute Gasteiger partial charge is 0.475 e. The maximum atomic E-state index is 9.53. The van der Waals surface area contributed by atoms with Crippen LogP contribution in [0.5, 0.6) is 5.88 Å². The van der Waals surface area contributed by atoms with E-state index in [9.17, 15) is 5.11 Å².